The molecule has 0 saturated heterocycles. The Morgan fingerprint density at radius 3 is 2.64 bits per heavy atom. The molecule has 1 aromatic heterocycles. The molecule has 6 heteroatoms. The smallest absolute Gasteiger partial charge is 0.183 e. The van der Waals surface area contributed by atoms with Crippen LogP contribution in [-0.2, 0) is 5.75 Å². The zero-order valence-electron chi connectivity index (χ0n) is 15.4. The first-order chi connectivity index (χ1) is 13.7. The van der Waals surface area contributed by atoms with E-state index in [0.717, 1.165) is 33.6 Å². The van der Waals surface area contributed by atoms with Crippen LogP contribution in [0.1, 0.15) is 11.3 Å². The van der Waals surface area contributed by atoms with E-state index in [2.05, 4.69) is 12.1 Å². The summed E-state index contributed by atoms with van der Waals surface area (Å²) in [6.45, 7) is 0. The molecule has 28 heavy (non-hydrogen) atoms. The summed E-state index contributed by atoms with van der Waals surface area (Å²) < 4.78 is 11.4. The van der Waals surface area contributed by atoms with Crippen molar-refractivity contribution in [2.75, 3.05) is 13.0 Å². The molecular weight excluding hydrogens is 388 g/mol. The van der Waals surface area contributed by atoms with Crippen LogP contribution < -0.4 is 4.74 Å². The summed E-state index contributed by atoms with van der Waals surface area (Å²) in [6, 6.07) is 20.2. The lowest BCUT2D eigenvalue weighted by atomic mass is 10.2. The molecule has 0 atom stereocenters. The molecular formula is C22H20N2O2S2. The van der Waals surface area contributed by atoms with E-state index in [0.29, 0.717) is 11.6 Å². The Morgan fingerprint density at radius 2 is 1.96 bits per heavy atom. The lowest BCUT2D eigenvalue weighted by molar-refractivity contribution is 0.415. The third-order valence-electron chi connectivity index (χ3n) is 4.36. The molecule has 0 spiro atoms. The van der Waals surface area contributed by atoms with Crippen LogP contribution in [-0.4, -0.2) is 23.7 Å². The van der Waals surface area contributed by atoms with Crippen LogP contribution in [0.4, 0.5) is 0 Å². The second-order valence-electron chi connectivity index (χ2n) is 6.21. The average molecular weight is 409 g/mol. The molecule has 0 radical (unpaired) electrons. The number of thioether (sulfide) groups is 2. The molecule has 3 aromatic rings. The largest absolute Gasteiger partial charge is 0.497 e. The first-order valence-corrected chi connectivity index (χ1v) is 10.9. The summed E-state index contributed by atoms with van der Waals surface area (Å²) >= 11 is 3.36. The minimum Gasteiger partial charge on any atom is -0.497 e. The van der Waals surface area contributed by atoms with Crippen LogP contribution in [0.3, 0.4) is 0 Å². The topological polar surface area (TPSA) is 49.5 Å². The number of rotatable bonds is 6. The standard InChI is InChI=1S/C22H20N2O2S2/c1-25-18-9-7-17(8-10-18)19-13-20(28-14-16-5-3-2-4-6-16)21(26-19)22(23)24-11-12-27-15-24/h2-13,23H,14-15H2,1H3. The maximum atomic E-state index is 8.62. The van der Waals surface area contributed by atoms with Crippen molar-refractivity contribution in [2.45, 2.75) is 10.6 Å². The van der Waals surface area contributed by atoms with Crippen LogP contribution in [0.15, 0.2) is 81.6 Å². The fraction of sp³-hybridized carbons (Fsp3) is 0.136. The highest BCUT2D eigenvalue weighted by atomic mass is 32.2. The van der Waals surface area contributed by atoms with Gasteiger partial charge in [-0.2, -0.15) is 0 Å². The fourth-order valence-corrected chi connectivity index (χ4v) is 4.50. The number of methoxy groups -OCH3 is 1. The third-order valence-corrected chi connectivity index (χ3v) is 6.20. The zero-order chi connectivity index (χ0) is 19.3. The van der Waals surface area contributed by atoms with E-state index in [1.54, 1.807) is 30.6 Å². The van der Waals surface area contributed by atoms with Crippen LogP contribution in [0.5, 0.6) is 5.75 Å². The van der Waals surface area contributed by atoms with Crippen molar-refractivity contribution in [1.82, 2.24) is 4.90 Å². The van der Waals surface area contributed by atoms with E-state index in [9.17, 15) is 0 Å². The monoisotopic (exact) mass is 408 g/mol. The van der Waals surface area contributed by atoms with Crippen molar-refractivity contribution < 1.29 is 9.15 Å². The van der Waals surface area contributed by atoms with Gasteiger partial charge < -0.3 is 14.1 Å². The van der Waals surface area contributed by atoms with E-state index >= 15 is 0 Å². The number of nitrogens with zero attached hydrogens (tertiary/aromatic N) is 1. The van der Waals surface area contributed by atoms with Crippen LogP contribution in [0, 0.1) is 5.41 Å². The van der Waals surface area contributed by atoms with E-state index in [1.165, 1.54) is 5.56 Å². The van der Waals surface area contributed by atoms with Crippen LogP contribution in [0.25, 0.3) is 11.3 Å². The maximum absolute atomic E-state index is 8.62. The van der Waals surface area contributed by atoms with Gasteiger partial charge in [-0.25, -0.2) is 0 Å². The highest BCUT2D eigenvalue weighted by molar-refractivity contribution is 8.02. The molecule has 0 saturated carbocycles. The van der Waals surface area contributed by atoms with E-state index in [1.807, 2.05) is 65.0 Å². The molecule has 0 fully saturated rings. The third kappa shape index (κ3) is 4.13. The molecule has 2 aromatic carbocycles. The van der Waals surface area contributed by atoms with Gasteiger partial charge in [-0.3, -0.25) is 5.41 Å². The van der Waals surface area contributed by atoms with Crippen molar-refractivity contribution in [1.29, 1.82) is 5.41 Å². The molecule has 1 N–H and O–H groups in total. The maximum Gasteiger partial charge on any atom is 0.183 e. The second-order valence-corrected chi connectivity index (χ2v) is 8.09. The fourth-order valence-electron chi connectivity index (χ4n) is 2.83. The summed E-state index contributed by atoms with van der Waals surface area (Å²) in [5.41, 5.74) is 2.21. The molecule has 0 unspecified atom stereocenters. The quantitative estimate of drug-likeness (QED) is 0.306. The van der Waals surface area contributed by atoms with Gasteiger partial charge in [-0.1, -0.05) is 30.3 Å². The number of amidine groups is 1. The molecule has 0 bridgehead atoms. The minimum atomic E-state index is 0.386. The molecule has 1 aliphatic heterocycles. The molecule has 2 heterocycles. The van der Waals surface area contributed by atoms with Gasteiger partial charge in [-0.05, 0) is 41.3 Å². The lowest BCUT2D eigenvalue weighted by Gasteiger charge is -2.14. The molecule has 4 nitrogen and oxygen atoms in total. The number of benzene rings is 2. The lowest BCUT2D eigenvalue weighted by Crippen LogP contribution is -2.22. The highest BCUT2D eigenvalue weighted by Crippen LogP contribution is 2.35. The SMILES string of the molecule is COc1ccc(-c2cc(SCc3ccccc3)c(C(=N)N3C=CSC3)o2)cc1. The summed E-state index contributed by atoms with van der Waals surface area (Å²) in [7, 11) is 1.65. The molecule has 0 amide bonds. The van der Waals surface area contributed by atoms with Gasteiger partial charge in [0, 0.05) is 17.5 Å². The van der Waals surface area contributed by atoms with Crippen LogP contribution >= 0.6 is 23.5 Å². The van der Waals surface area contributed by atoms with E-state index < -0.39 is 0 Å². The van der Waals surface area contributed by atoms with Crippen molar-refractivity contribution in [3.63, 3.8) is 0 Å². The van der Waals surface area contributed by atoms with Gasteiger partial charge in [0.1, 0.15) is 11.5 Å². The summed E-state index contributed by atoms with van der Waals surface area (Å²) in [5.74, 6) is 4.12. The van der Waals surface area contributed by atoms with E-state index in [-0.39, 0.29) is 0 Å². The first-order valence-electron chi connectivity index (χ1n) is 8.83. The van der Waals surface area contributed by atoms with E-state index in [4.69, 9.17) is 14.6 Å². The predicted octanol–water partition coefficient (Wildman–Crippen LogP) is 6.05. The van der Waals surface area contributed by atoms with Crippen molar-refractivity contribution in [3.05, 3.63) is 83.6 Å². The Bertz CT molecular complexity index is 982. The van der Waals surface area contributed by atoms with Gasteiger partial charge in [0.25, 0.3) is 0 Å². The van der Waals surface area contributed by atoms with Gasteiger partial charge in [-0.15, -0.1) is 23.5 Å². The molecule has 0 aliphatic carbocycles. The van der Waals surface area contributed by atoms with Gasteiger partial charge in [0.15, 0.2) is 11.6 Å². The Kier molecular flexibility index (Phi) is 5.78. The predicted molar refractivity (Wildman–Crippen MR) is 117 cm³/mol. The molecule has 1 aliphatic rings. The van der Waals surface area contributed by atoms with Crippen molar-refractivity contribution in [2.24, 2.45) is 0 Å². The number of ether oxygens (including phenoxy) is 1. The van der Waals surface area contributed by atoms with Crippen LogP contribution in [0.2, 0.25) is 0 Å². The number of hydrogen-bond donors (Lipinski definition) is 1. The summed E-state index contributed by atoms with van der Waals surface area (Å²) in [6.07, 6.45) is 1.92. The van der Waals surface area contributed by atoms with Crippen molar-refractivity contribution >= 4 is 29.4 Å². The second kappa shape index (κ2) is 8.63. The number of nitrogens with one attached hydrogen (secondary N) is 1. The van der Waals surface area contributed by atoms with Gasteiger partial charge in [0.05, 0.1) is 17.9 Å². The zero-order valence-corrected chi connectivity index (χ0v) is 17.1. The highest BCUT2D eigenvalue weighted by Gasteiger charge is 2.22. The molecule has 4 rings (SSSR count). The van der Waals surface area contributed by atoms with Gasteiger partial charge in [0.2, 0.25) is 0 Å². The minimum absolute atomic E-state index is 0.386. The Balaban J connectivity index is 1.64. The first kappa shape index (κ1) is 18.8. The Labute approximate surface area is 173 Å². The van der Waals surface area contributed by atoms with Gasteiger partial charge >= 0.3 is 0 Å². The Hall–Kier alpha value is -2.57. The summed E-state index contributed by atoms with van der Waals surface area (Å²) in [4.78, 5) is 2.87. The number of hydrogen-bond acceptors (Lipinski definition) is 5. The molecule has 142 valence electrons. The normalized spacial score (nSPS) is 13.1. The average Bonchev–Trinajstić information content (AvgIpc) is 3.43. The van der Waals surface area contributed by atoms with Crippen molar-refractivity contribution in [3.8, 4) is 17.1 Å². The summed E-state index contributed by atoms with van der Waals surface area (Å²) in [5, 5.41) is 10.6. The number of furan rings is 1. The Morgan fingerprint density at radius 1 is 1.18 bits per heavy atom.